The molecule has 0 spiro atoms. The van der Waals surface area contributed by atoms with Gasteiger partial charge in [0, 0.05) is 16.7 Å². The van der Waals surface area contributed by atoms with E-state index in [4.69, 9.17) is 0 Å². The number of carbonyl (C=O) groups excluding carboxylic acids is 1. The van der Waals surface area contributed by atoms with E-state index in [0.29, 0.717) is 6.54 Å². The van der Waals surface area contributed by atoms with E-state index in [1.807, 2.05) is 36.0 Å². The maximum absolute atomic E-state index is 12.0. The Balaban J connectivity index is 2.20. The van der Waals surface area contributed by atoms with Crippen molar-refractivity contribution in [1.82, 2.24) is 4.90 Å². The number of amides is 1. The largest absolute Gasteiger partial charge is 0.311 e. The first-order chi connectivity index (χ1) is 7.58. The van der Waals surface area contributed by atoms with E-state index < -0.39 is 0 Å². The summed E-state index contributed by atoms with van der Waals surface area (Å²) in [4.78, 5) is 15.8. The minimum absolute atomic E-state index is 0.172. The van der Waals surface area contributed by atoms with Crippen LogP contribution in [0.4, 0.5) is 5.69 Å². The fourth-order valence-corrected chi connectivity index (χ4v) is 2.39. The average Bonchev–Trinajstić information content (AvgIpc) is 2.59. The van der Waals surface area contributed by atoms with Crippen molar-refractivity contribution in [2.45, 2.75) is 6.42 Å². The fourth-order valence-electron chi connectivity index (χ4n) is 1.99. The lowest BCUT2D eigenvalue weighted by Gasteiger charge is -2.19. The molecule has 1 aromatic rings. The first-order valence-corrected chi connectivity index (χ1v) is 6.11. The molecule has 2 rings (SSSR count). The number of halogens is 1. The average molecular weight is 283 g/mol. The normalized spacial score (nSPS) is 14.4. The van der Waals surface area contributed by atoms with Crippen molar-refractivity contribution in [2.75, 3.05) is 32.1 Å². The number of likely N-dealkylation sites (N-methyl/N-ethyl adjacent to an activating group) is 1. The Morgan fingerprint density at radius 1 is 1.50 bits per heavy atom. The number of anilines is 1. The van der Waals surface area contributed by atoms with Crippen LogP contribution in [0.3, 0.4) is 0 Å². The van der Waals surface area contributed by atoms with Crippen LogP contribution in [0.2, 0.25) is 0 Å². The quantitative estimate of drug-likeness (QED) is 0.827. The molecule has 0 bridgehead atoms. The summed E-state index contributed by atoms with van der Waals surface area (Å²) in [6, 6.07) is 6.10. The summed E-state index contributed by atoms with van der Waals surface area (Å²) in [6.45, 7) is 1.27. The third-order valence-electron chi connectivity index (χ3n) is 2.69. The van der Waals surface area contributed by atoms with Gasteiger partial charge in [-0.25, -0.2) is 0 Å². The van der Waals surface area contributed by atoms with Crippen LogP contribution >= 0.6 is 15.9 Å². The summed E-state index contributed by atoms with van der Waals surface area (Å²) in [7, 11) is 3.83. The standard InChI is InChI=1S/C12H15BrN2O/c1-14(2)8-12(16)15-6-5-9-7-10(13)3-4-11(9)15/h3-4,7H,5-6,8H2,1-2H3. The highest BCUT2D eigenvalue weighted by Gasteiger charge is 2.24. The number of hydrogen-bond donors (Lipinski definition) is 0. The number of rotatable bonds is 2. The van der Waals surface area contributed by atoms with Crippen molar-refractivity contribution in [2.24, 2.45) is 0 Å². The van der Waals surface area contributed by atoms with Crippen LogP contribution in [0.25, 0.3) is 0 Å². The van der Waals surface area contributed by atoms with Gasteiger partial charge in [-0.1, -0.05) is 15.9 Å². The molecule has 0 radical (unpaired) electrons. The summed E-state index contributed by atoms with van der Waals surface area (Å²) < 4.78 is 1.08. The van der Waals surface area contributed by atoms with Gasteiger partial charge < -0.3 is 9.80 Å². The van der Waals surface area contributed by atoms with Crippen molar-refractivity contribution >= 4 is 27.5 Å². The van der Waals surface area contributed by atoms with Crippen LogP contribution in [0.5, 0.6) is 0 Å². The van der Waals surface area contributed by atoms with Gasteiger partial charge in [0.1, 0.15) is 0 Å². The number of benzene rings is 1. The summed E-state index contributed by atoms with van der Waals surface area (Å²) >= 11 is 3.45. The molecule has 0 fully saturated rings. The molecule has 16 heavy (non-hydrogen) atoms. The predicted molar refractivity (Wildman–Crippen MR) is 68.8 cm³/mol. The topological polar surface area (TPSA) is 23.6 Å². The maximum Gasteiger partial charge on any atom is 0.241 e. The number of fused-ring (bicyclic) bond motifs is 1. The predicted octanol–water partition coefficient (Wildman–Crippen LogP) is 1.90. The second-order valence-electron chi connectivity index (χ2n) is 4.31. The molecule has 4 heteroatoms. The Morgan fingerprint density at radius 2 is 2.25 bits per heavy atom. The van der Waals surface area contributed by atoms with E-state index in [2.05, 4.69) is 22.0 Å². The van der Waals surface area contributed by atoms with E-state index >= 15 is 0 Å². The maximum atomic E-state index is 12.0. The number of hydrogen-bond acceptors (Lipinski definition) is 2. The molecule has 0 aliphatic carbocycles. The minimum atomic E-state index is 0.172. The molecule has 0 atom stereocenters. The molecule has 0 unspecified atom stereocenters. The van der Waals surface area contributed by atoms with Gasteiger partial charge in [-0.15, -0.1) is 0 Å². The van der Waals surface area contributed by atoms with Gasteiger partial charge in [-0.3, -0.25) is 4.79 Å². The fraction of sp³-hybridized carbons (Fsp3) is 0.417. The van der Waals surface area contributed by atoms with Crippen molar-refractivity contribution in [3.8, 4) is 0 Å². The highest BCUT2D eigenvalue weighted by molar-refractivity contribution is 9.10. The van der Waals surface area contributed by atoms with Gasteiger partial charge in [-0.05, 0) is 44.3 Å². The second kappa shape index (κ2) is 4.55. The molecule has 3 nitrogen and oxygen atoms in total. The smallest absolute Gasteiger partial charge is 0.241 e. The van der Waals surface area contributed by atoms with Gasteiger partial charge in [0.05, 0.1) is 6.54 Å². The van der Waals surface area contributed by atoms with Crippen LogP contribution < -0.4 is 4.90 Å². The molecule has 0 aromatic heterocycles. The van der Waals surface area contributed by atoms with Crippen molar-refractivity contribution < 1.29 is 4.79 Å². The Labute approximate surface area is 104 Å². The summed E-state index contributed by atoms with van der Waals surface area (Å²) in [5.74, 6) is 0.172. The van der Waals surface area contributed by atoms with Crippen LogP contribution in [-0.2, 0) is 11.2 Å². The van der Waals surface area contributed by atoms with E-state index in [1.165, 1.54) is 5.56 Å². The summed E-state index contributed by atoms with van der Waals surface area (Å²) in [6.07, 6.45) is 0.952. The van der Waals surface area contributed by atoms with Crippen molar-refractivity contribution in [3.05, 3.63) is 28.2 Å². The van der Waals surface area contributed by atoms with E-state index in [9.17, 15) is 4.79 Å². The van der Waals surface area contributed by atoms with E-state index in [1.54, 1.807) is 0 Å². The molecule has 0 saturated heterocycles. The molecule has 0 N–H and O–H groups in total. The van der Waals surface area contributed by atoms with Crippen molar-refractivity contribution in [3.63, 3.8) is 0 Å². The highest BCUT2D eigenvalue weighted by Crippen LogP contribution is 2.30. The molecule has 1 amide bonds. The zero-order chi connectivity index (χ0) is 11.7. The monoisotopic (exact) mass is 282 g/mol. The first-order valence-electron chi connectivity index (χ1n) is 5.31. The minimum Gasteiger partial charge on any atom is -0.311 e. The molecule has 86 valence electrons. The lowest BCUT2D eigenvalue weighted by molar-refractivity contribution is -0.119. The van der Waals surface area contributed by atoms with Gasteiger partial charge in [-0.2, -0.15) is 0 Å². The number of nitrogens with zero attached hydrogens (tertiary/aromatic N) is 2. The van der Waals surface area contributed by atoms with Gasteiger partial charge >= 0.3 is 0 Å². The number of carbonyl (C=O) groups is 1. The molecule has 1 heterocycles. The SMILES string of the molecule is CN(C)CC(=O)N1CCc2cc(Br)ccc21. The van der Waals surface area contributed by atoms with Gasteiger partial charge in [0.25, 0.3) is 0 Å². The third kappa shape index (κ3) is 2.28. The first kappa shape index (κ1) is 11.6. The van der Waals surface area contributed by atoms with Gasteiger partial charge in [0.2, 0.25) is 5.91 Å². The van der Waals surface area contributed by atoms with Crippen LogP contribution in [0, 0.1) is 0 Å². The summed E-state index contributed by atoms with van der Waals surface area (Å²) in [5.41, 5.74) is 2.32. The Morgan fingerprint density at radius 3 is 2.94 bits per heavy atom. The van der Waals surface area contributed by atoms with E-state index in [-0.39, 0.29) is 5.91 Å². The molecule has 0 saturated carbocycles. The van der Waals surface area contributed by atoms with Crippen LogP contribution in [-0.4, -0.2) is 38.0 Å². The lowest BCUT2D eigenvalue weighted by atomic mass is 10.2. The molecule has 1 aliphatic rings. The Bertz CT molecular complexity index is 417. The van der Waals surface area contributed by atoms with Gasteiger partial charge in [0.15, 0.2) is 0 Å². The zero-order valence-electron chi connectivity index (χ0n) is 9.53. The Hall–Kier alpha value is -0.870. The van der Waals surface area contributed by atoms with E-state index in [0.717, 1.165) is 23.1 Å². The Kier molecular flexibility index (Phi) is 3.30. The molecule has 1 aromatic carbocycles. The molecule has 1 aliphatic heterocycles. The highest BCUT2D eigenvalue weighted by atomic mass is 79.9. The van der Waals surface area contributed by atoms with Crippen molar-refractivity contribution in [1.29, 1.82) is 0 Å². The lowest BCUT2D eigenvalue weighted by Crippen LogP contribution is -2.36. The van der Waals surface area contributed by atoms with Crippen LogP contribution in [0.1, 0.15) is 5.56 Å². The summed E-state index contributed by atoms with van der Waals surface area (Å²) in [5, 5.41) is 0. The molecular weight excluding hydrogens is 268 g/mol. The molecular formula is C12H15BrN2O. The second-order valence-corrected chi connectivity index (χ2v) is 5.22. The third-order valence-corrected chi connectivity index (χ3v) is 3.18. The zero-order valence-corrected chi connectivity index (χ0v) is 11.1. The van der Waals surface area contributed by atoms with Crippen LogP contribution in [0.15, 0.2) is 22.7 Å².